The SMILES string of the molecule is C=C(F)C(=O)N1CCN(c2nc(OCC3CC(F)CN3C)nc3c2CCC2(CCc4cc(Cl)ccc42)C3)CC1CC#N. The van der Waals surface area contributed by atoms with Crippen molar-refractivity contribution < 1.29 is 18.3 Å². The number of carbonyl (C=O) groups excluding carboxylic acids is 1. The van der Waals surface area contributed by atoms with Crippen LogP contribution in [0.3, 0.4) is 0 Å². The summed E-state index contributed by atoms with van der Waals surface area (Å²) < 4.78 is 33.9. The van der Waals surface area contributed by atoms with Gasteiger partial charge in [-0.1, -0.05) is 24.2 Å². The number of carbonyl (C=O) groups is 1. The van der Waals surface area contributed by atoms with Crippen molar-refractivity contribution in [2.45, 2.75) is 68.6 Å². The van der Waals surface area contributed by atoms with E-state index in [1.807, 2.05) is 18.0 Å². The second-order valence-electron chi connectivity index (χ2n) is 12.1. The molecule has 42 heavy (non-hydrogen) atoms. The van der Waals surface area contributed by atoms with Crippen LogP contribution in [0.1, 0.15) is 48.1 Å². The van der Waals surface area contributed by atoms with E-state index in [0.717, 1.165) is 54.2 Å². The van der Waals surface area contributed by atoms with Gasteiger partial charge in [-0.25, -0.2) is 8.78 Å². The van der Waals surface area contributed by atoms with E-state index >= 15 is 0 Å². The molecule has 4 unspecified atom stereocenters. The lowest BCUT2D eigenvalue weighted by Crippen LogP contribution is -2.55. The first-order valence-electron chi connectivity index (χ1n) is 14.6. The van der Waals surface area contributed by atoms with Crippen LogP contribution in [-0.2, 0) is 29.5 Å². The molecule has 0 N–H and O–H groups in total. The van der Waals surface area contributed by atoms with E-state index < -0.39 is 23.9 Å². The lowest BCUT2D eigenvalue weighted by atomic mass is 9.69. The van der Waals surface area contributed by atoms with Crippen molar-refractivity contribution in [1.82, 2.24) is 19.8 Å². The minimum atomic E-state index is -1.03. The van der Waals surface area contributed by atoms with E-state index in [2.05, 4.69) is 29.7 Å². The van der Waals surface area contributed by atoms with Crippen LogP contribution < -0.4 is 9.64 Å². The summed E-state index contributed by atoms with van der Waals surface area (Å²) in [5, 5.41) is 10.2. The molecule has 8 nitrogen and oxygen atoms in total. The Bertz CT molecular complexity index is 1450. The topological polar surface area (TPSA) is 85.6 Å². The molecule has 11 heteroatoms. The molecule has 2 fully saturated rings. The molecule has 1 aromatic heterocycles. The number of amides is 1. The van der Waals surface area contributed by atoms with Gasteiger partial charge in [0.15, 0.2) is 5.83 Å². The Morgan fingerprint density at radius 3 is 2.79 bits per heavy atom. The van der Waals surface area contributed by atoms with Crippen LogP contribution in [0.15, 0.2) is 30.6 Å². The fourth-order valence-electron chi connectivity index (χ4n) is 7.36. The predicted molar refractivity (Wildman–Crippen MR) is 155 cm³/mol. The summed E-state index contributed by atoms with van der Waals surface area (Å²) in [6.45, 7) is 4.82. The quantitative estimate of drug-likeness (QED) is 0.459. The summed E-state index contributed by atoms with van der Waals surface area (Å²) in [6.07, 6.45) is 4.02. The fourth-order valence-corrected chi connectivity index (χ4v) is 7.56. The van der Waals surface area contributed by atoms with E-state index in [4.69, 9.17) is 26.3 Å². The number of hydrogen-bond acceptors (Lipinski definition) is 7. The first-order chi connectivity index (χ1) is 20.2. The first kappa shape index (κ1) is 28.8. The normalized spacial score (nSPS) is 27.1. The van der Waals surface area contributed by atoms with Crippen molar-refractivity contribution >= 4 is 23.3 Å². The Morgan fingerprint density at radius 1 is 1.24 bits per heavy atom. The first-order valence-corrected chi connectivity index (χ1v) is 15.0. The molecule has 222 valence electrons. The standard InChI is InChI=1S/C31H35ClF2N6O2/c1-19(33)29(41)40-12-11-39(17-23(40)7-10-35)28-25-6-9-31(8-5-20-13-21(32)3-4-26(20)31)15-27(25)36-30(37-28)42-18-24-14-22(34)16-38(24)2/h3-4,13,22-24H,1,5-9,11-12,14-18H2,2H3. The van der Waals surface area contributed by atoms with Gasteiger partial charge in [0.1, 0.15) is 18.6 Å². The van der Waals surface area contributed by atoms with Gasteiger partial charge >= 0.3 is 6.01 Å². The van der Waals surface area contributed by atoms with E-state index in [1.54, 1.807) is 0 Å². The highest BCUT2D eigenvalue weighted by atomic mass is 35.5. The molecule has 2 aliphatic heterocycles. The number of aryl methyl sites for hydroxylation is 1. The highest BCUT2D eigenvalue weighted by molar-refractivity contribution is 6.30. The second kappa shape index (κ2) is 11.4. The van der Waals surface area contributed by atoms with Gasteiger partial charge in [-0.2, -0.15) is 15.2 Å². The molecule has 0 saturated carbocycles. The number of aromatic nitrogens is 2. The van der Waals surface area contributed by atoms with Crippen LogP contribution in [0.25, 0.3) is 0 Å². The summed E-state index contributed by atoms with van der Waals surface area (Å²) in [7, 11) is 1.89. The smallest absolute Gasteiger partial charge is 0.318 e. The number of alkyl halides is 1. The van der Waals surface area contributed by atoms with Gasteiger partial charge in [0.05, 0.1) is 24.2 Å². The van der Waals surface area contributed by atoms with Gasteiger partial charge in [-0.3, -0.25) is 9.69 Å². The third kappa shape index (κ3) is 5.33. The molecule has 6 rings (SSSR count). The minimum absolute atomic E-state index is 0.0428. The maximum atomic E-state index is 14.0. The number of hydrogen-bond donors (Lipinski definition) is 0. The van der Waals surface area contributed by atoms with Crippen molar-refractivity contribution in [2.75, 3.05) is 44.7 Å². The molecule has 0 radical (unpaired) electrons. The van der Waals surface area contributed by atoms with E-state index in [9.17, 15) is 18.8 Å². The van der Waals surface area contributed by atoms with Crippen LogP contribution in [0.2, 0.25) is 5.02 Å². The number of benzene rings is 1. The highest BCUT2D eigenvalue weighted by Gasteiger charge is 2.44. The molecular formula is C31H35ClF2N6O2. The van der Waals surface area contributed by atoms with Crippen LogP contribution in [0.4, 0.5) is 14.6 Å². The number of nitrogens with zero attached hydrogens (tertiary/aromatic N) is 6. The number of likely N-dealkylation sites (N-methyl/N-ethyl adjacent to an activating group) is 1. The maximum absolute atomic E-state index is 14.0. The van der Waals surface area contributed by atoms with Gasteiger partial charge in [0.25, 0.3) is 5.91 Å². The highest BCUT2D eigenvalue weighted by Crippen LogP contribution is 2.49. The van der Waals surface area contributed by atoms with E-state index in [-0.39, 0.29) is 37.0 Å². The van der Waals surface area contributed by atoms with Crippen LogP contribution in [0, 0.1) is 11.3 Å². The summed E-state index contributed by atoms with van der Waals surface area (Å²) in [6, 6.07) is 8.00. The Balaban J connectivity index is 1.33. The summed E-state index contributed by atoms with van der Waals surface area (Å²) >= 11 is 6.31. The Hall–Kier alpha value is -3.29. The second-order valence-corrected chi connectivity index (χ2v) is 12.6. The van der Waals surface area contributed by atoms with Gasteiger partial charge in [-0.05, 0) is 68.8 Å². The number of likely N-dealkylation sites (tertiary alicyclic amines) is 1. The third-order valence-electron chi connectivity index (χ3n) is 9.57. The zero-order valence-corrected chi connectivity index (χ0v) is 24.5. The number of fused-ring (bicyclic) bond motifs is 3. The van der Waals surface area contributed by atoms with E-state index in [1.165, 1.54) is 16.0 Å². The number of ether oxygens (including phenoxy) is 1. The van der Waals surface area contributed by atoms with Crippen molar-refractivity contribution in [2.24, 2.45) is 0 Å². The number of anilines is 1. The van der Waals surface area contributed by atoms with Crippen LogP contribution in [-0.4, -0.2) is 83.8 Å². The average Bonchev–Trinajstić information content (AvgIpc) is 3.48. The van der Waals surface area contributed by atoms with Crippen LogP contribution >= 0.6 is 11.6 Å². The minimum Gasteiger partial charge on any atom is -0.462 e. The molecule has 1 spiro atoms. The van der Waals surface area contributed by atoms with Crippen molar-refractivity contribution in [3.05, 3.63) is 58.0 Å². The van der Waals surface area contributed by atoms with Gasteiger partial charge in [-0.15, -0.1) is 0 Å². The largest absolute Gasteiger partial charge is 0.462 e. The zero-order valence-electron chi connectivity index (χ0n) is 23.8. The maximum Gasteiger partial charge on any atom is 0.318 e. The lowest BCUT2D eigenvalue weighted by Gasteiger charge is -2.42. The molecule has 2 aliphatic carbocycles. The number of halogens is 3. The number of nitriles is 1. The summed E-state index contributed by atoms with van der Waals surface area (Å²) in [5.74, 6) is -1.08. The summed E-state index contributed by atoms with van der Waals surface area (Å²) in [5.41, 5.74) is 4.55. The average molecular weight is 597 g/mol. The molecule has 0 bridgehead atoms. The predicted octanol–water partition coefficient (Wildman–Crippen LogP) is 4.34. The Labute approximate surface area is 249 Å². The lowest BCUT2D eigenvalue weighted by molar-refractivity contribution is -0.131. The number of rotatable bonds is 6. The molecule has 4 atom stereocenters. The van der Waals surface area contributed by atoms with Gasteiger partial charge in [0.2, 0.25) is 0 Å². The summed E-state index contributed by atoms with van der Waals surface area (Å²) in [4.78, 5) is 27.7. The monoisotopic (exact) mass is 596 g/mol. The van der Waals surface area contributed by atoms with Gasteiger partial charge in [0, 0.05) is 48.2 Å². The molecular weight excluding hydrogens is 562 g/mol. The van der Waals surface area contributed by atoms with Crippen LogP contribution in [0.5, 0.6) is 6.01 Å². The molecule has 2 aromatic rings. The van der Waals surface area contributed by atoms with Crippen molar-refractivity contribution in [3.8, 4) is 12.1 Å². The third-order valence-corrected chi connectivity index (χ3v) is 9.80. The van der Waals surface area contributed by atoms with Crippen molar-refractivity contribution in [1.29, 1.82) is 5.26 Å². The van der Waals surface area contributed by atoms with E-state index in [0.29, 0.717) is 26.1 Å². The molecule has 3 heterocycles. The van der Waals surface area contributed by atoms with Crippen molar-refractivity contribution in [3.63, 3.8) is 0 Å². The molecule has 2 saturated heterocycles. The zero-order chi connectivity index (χ0) is 29.6. The Kier molecular flexibility index (Phi) is 7.83. The molecule has 1 aromatic carbocycles. The van der Waals surface area contributed by atoms with Gasteiger partial charge < -0.3 is 14.5 Å². The Morgan fingerprint density at radius 2 is 2.05 bits per heavy atom. The molecule has 4 aliphatic rings. The number of piperazine rings is 1. The fraction of sp³-hybridized carbons (Fsp3) is 0.548. The molecule has 1 amide bonds.